The Balaban J connectivity index is 1.41. The van der Waals surface area contributed by atoms with Crippen molar-refractivity contribution in [3.8, 4) is 0 Å². The van der Waals surface area contributed by atoms with Crippen molar-refractivity contribution in [3.05, 3.63) is 12.7 Å². The number of nitrogens with two attached hydrogens (primary N) is 1. The Hall–Kier alpha value is -2.68. The van der Waals surface area contributed by atoms with E-state index in [2.05, 4.69) is 28.8 Å². The molecule has 2 aromatic rings. The summed E-state index contributed by atoms with van der Waals surface area (Å²) in [5, 5.41) is 10.0. The van der Waals surface area contributed by atoms with E-state index < -0.39 is 57.5 Å². The van der Waals surface area contributed by atoms with Crippen LogP contribution in [0.3, 0.4) is 0 Å². The molecular weight excluding hydrogens is 801 g/mol. The van der Waals surface area contributed by atoms with Crippen molar-refractivity contribution in [1.82, 2.24) is 19.5 Å². The summed E-state index contributed by atoms with van der Waals surface area (Å²) in [5.74, 6) is -0.739. The van der Waals surface area contributed by atoms with Gasteiger partial charge in [-0.15, -0.1) is 0 Å². The Morgan fingerprint density at radius 2 is 1.25 bits per heavy atom. The standard InChI is InChI=1S/C45H80N5O10P/c1-3-5-7-9-11-13-15-17-19-21-23-25-27-29-41(52)56-33-37(58-42(53)30-28-26-24-22-20-18-16-14-12-10-8-6-4-2)34-57-61(54,55)60-38-31-40(59-39(38)32-51)50-36-49-43-44(46)47-35-48-45(43)50/h35-40,51H,3-34H2,1-2H3,(H,54,55)(H2,46,47,48)/t37-,38+,39-,40-/m1/s1. The van der Waals surface area contributed by atoms with Crippen LogP contribution in [0.1, 0.15) is 206 Å². The molecule has 3 rings (SSSR count). The second-order valence-electron chi connectivity index (χ2n) is 16.8. The molecule has 1 fully saturated rings. The number of phosphoric acid groups is 1. The fraction of sp³-hybridized carbons (Fsp3) is 0.844. The van der Waals surface area contributed by atoms with Crippen molar-refractivity contribution in [2.75, 3.05) is 25.6 Å². The highest BCUT2D eigenvalue weighted by molar-refractivity contribution is 7.47. The molecule has 61 heavy (non-hydrogen) atoms. The van der Waals surface area contributed by atoms with Crippen LogP contribution >= 0.6 is 7.82 Å². The Morgan fingerprint density at radius 3 is 1.75 bits per heavy atom. The molecule has 5 atom stereocenters. The van der Waals surface area contributed by atoms with Gasteiger partial charge in [-0.1, -0.05) is 168 Å². The minimum atomic E-state index is -4.78. The van der Waals surface area contributed by atoms with Crippen molar-refractivity contribution in [2.45, 2.75) is 225 Å². The highest BCUT2D eigenvalue weighted by atomic mass is 31.2. The number of unbranched alkanes of at least 4 members (excludes halogenated alkanes) is 24. The second-order valence-corrected chi connectivity index (χ2v) is 18.2. The molecule has 3 heterocycles. The number of anilines is 1. The monoisotopic (exact) mass is 882 g/mol. The van der Waals surface area contributed by atoms with E-state index in [0.29, 0.717) is 24.0 Å². The van der Waals surface area contributed by atoms with E-state index in [-0.39, 0.29) is 31.7 Å². The fourth-order valence-electron chi connectivity index (χ4n) is 7.80. The number of imidazole rings is 1. The largest absolute Gasteiger partial charge is 0.472 e. The molecule has 1 aliphatic heterocycles. The number of esters is 2. The summed E-state index contributed by atoms with van der Waals surface area (Å²) >= 11 is 0. The number of phosphoric ester groups is 1. The number of nitrogen functional groups attached to an aromatic ring is 1. The third-order valence-corrected chi connectivity index (χ3v) is 12.5. The predicted octanol–water partition coefficient (Wildman–Crippen LogP) is 10.6. The van der Waals surface area contributed by atoms with Gasteiger partial charge >= 0.3 is 19.8 Å². The molecule has 1 saturated heterocycles. The van der Waals surface area contributed by atoms with Gasteiger partial charge in [0.1, 0.15) is 36.9 Å². The van der Waals surface area contributed by atoms with Gasteiger partial charge in [-0.05, 0) is 12.8 Å². The summed E-state index contributed by atoms with van der Waals surface area (Å²) < 4.78 is 42.7. The summed E-state index contributed by atoms with van der Waals surface area (Å²) in [7, 11) is -4.78. The smallest absolute Gasteiger partial charge is 0.462 e. The topological polar surface area (TPSA) is 207 Å². The molecule has 15 nitrogen and oxygen atoms in total. The molecule has 0 bridgehead atoms. The van der Waals surface area contributed by atoms with Gasteiger partial charge < -0.3 is 29.9 Å². The number of hydrogen-bond donors (Lipinski definition) is 3. The number of aliphatic hydroxyl groups is 1. The fourth-order valence-corrected chi connectivity index (χ4v) is 8.78. The van der Waals surface area contributed by atoms with Crippen LogP contribution in [-0.2, 0) is 37.4 Å². The highest BCUT2D eigenvalue weighted by Gasteiger charge is 2.42. The van der Waals surface area contributed by atoms with Gasteiger partial charge in [-0.25, -0.2) is 19.5 Å². The van der Waals surface area contributed by atoms with Crippen LogP contribution in [0.4, 0.5) is 5.82 Å². The molecule has 0 aromatic carbocycles. The predicted molar refractivity (Wildman–Crippen MR) is 237 cm³/mol. The lowest BCUT2D eigenvalue weighted by Gasteiger charge is -2.22. The molecule has 4 N–H and O–H groups in total. The average Bonchev–Trinajstić information content (AvgIpc) is 3.86. The van der Waals surface area contributed by atoms with Crippen molar-refractivity contribution in [1.29, 1.82) is 0 Å². The van der Waals surface area contributed by atoms with Gasteiger partial charge in [-0.2, -0.15) is 0 Å². The lowest BCUT2D eigenvalue weighted by Crippen LogP contribution is -2.30. The van der Waals surface area contributed by atoms with E-state index in [1.807, 2.05) is 0 Å². The van der Waals surface area contributed by atoms with E-state index in [4.69, 9.17) is 29.0 Å². The van der Waals surface area contributed by atoms with E-state index in [1.165, 1.54) is 128 Å². The van der Waals surface area contributed by atoms with Crippen LogP contribution in [0.2, 0.25) is 0 Å². The number of hydrogen-bond acceptors (Lipinski definition) is 13. The van der Waals surface area contributed by atoms with Crippen molar-refractivity contribution in [3.63, 3.8) is 0 Å². The van der Waals surface area contributed by atoms with Crippen LogP contribution in [0.15, 0.2) is 12.7 Å². The molecule has 0 spiro atoms. The third kappa shape index (κ3) is 22.5. The zero-order valence-corrected chi connectivity index (χ0v) is 38.5. The lowest BCUT2D eigenvalue weighted by molar-refractivity contribution is -0.161. The highest BCUT2D eigenvalue weighted by Crippen LogP contribution is 2.48. The third-order valence-electron chi connectivity index (χ3n) is 11.4. The molecule has 2 aromatic heterocycles. The molecule has 350 valence electrons. The number of rotatable bonds is 38. The van der Waals surface area contributed by atoms with Crippen molar-refractivity contribution >= 4 is 36.7 Å². The van der Waals surface area contributed by atoms with E-state index >= 15 is 0 Å². The minimum Gasteiger partial charge on any atom is -0.462 e. The number of ether oxygens (including phenoxy) is 3. The van der Waals surface area contributed by atoms with Gasteiger partial charge in [0.15, 0.2) is 17.6 Å². The Bertz CT molecular complexity index is 1520. The summed E-state index contributed by atoms with van der Waals surface area (Å²) in [6.07, 6.45) is 30.3. The zero-order chi connectivity index (χ0) is 44.0. The molecule has 16 heteroatoms. The second kappa shape index (κ2) is 32.0. The number of aliphatic hydroxyl groups excluding tert-OH is 1. The first-order chi connectivity index (χ1) is 29.7. The number of nitrogens with zero attached hydrogens (tertiary/aromatic N) is 4. The normalized spacial score (nSPS) is 18.1. The molecule has 1 aliphatic rings. The molecule has 1 unspecified atom stereocenters. The van der Waals surface area contributed by atoms with Gasteiger partial charge in [0.05, 0.1) is 19.5 Å². The molecular formula is C45H80N5O10P. The van der Waals surface area contributed by atoms with Crippen LogP contribution in [-0.4, -0.2) is 79.6 Å². The van der Waals surface area contributed by atoms with Gasteiger partial charge in [0.2, 0.25) is 0 Å². The van der Waals surface area contributed by atoms with Crippen LogP contribution in [0, 0.1) is 0 Å². The summed E-state index contributed by atoms with van der Waals surface area (Å²) in [6, 6.07) is 0. The van der Waals surface area contributed by atoms with Crippen molar-refractivity contribution in [2.24, 2.45) is 0 Å². The van der Waals surface area contributed by atoms with E-state index in [0.717, 1.165) is 38.5 Å². The molecule has 0 radical (unpaired) electrons. The molecule has 0 saturated carbocycles. The van der Waals surface area contributed by atoms with Gasteiger partial charge in [0, 0.05) is 19.3 Å². The van der Waals surface area contributed by atoms with Gasteiger partial charge in [0.25, 0.3) is 0 Å². The van der Waals surface area contributed by atoms with Crippen LogP contribution < -0.4 is 5.73 Å². The summed E-state index contributed by atoms with van der Waals surface area (Å²) in [5.41, 5.74) is 6.68. The van der Waals surface area contributed by atoms with Crippen molar-refractivity contribution < 1.29 is 47.4 Å². The maximum absolute atomic E-state index is 13.2. The molecule has 0 aliphatic carbocycles. The number of carbonyl (C=O) groups excluding carboxylic acids is 2. The van der Waals surface area contributed by atoms with Crippen LogP contribution in [0.25, 0.3) is 11.2 Å². The van der Waals surface area contributed by atoms with Crippen LogP contribution in [0.5, 0.6) is 0 Å². The number of carbonyl (C=O) groups is 2. The molecule has 0 amide bonds. The lowest BCUT2D eigenvalue weighted by atomic mass is 10.0. The van der Waals surface area contributed by atoms with E-state index in [9.17, 15) is 24.2 Å². The number of fused-ring (bicyclic) bond motifs is 1. The zero-order valence-electron chi connectivity index (χ0n) is 37.6. The SMILES string of the molecule is CCCCCCCCCCCCCCCC(=O)OC[C@H](COP(=O)(O)O[C@H]1C[C@H](n2cnc3c(N)ncnc32)O[C@@H]1CO)OC(=O)CCCCCCCCCCCCCCC. The Morgan fingerprint density at radius 1 is 0.754 bits per heavy atom. The minimum absolute atomic E-state index is 0.0584. The Labute approximate surface area is 365 Å². The van der Waals surface area contributed by atoms with Gasteiger partial charge in [-0.3, -0.25) is 23.2 Å². The first kappa shape index (κ1) is 52.7. The number of aromatic nitrogens is 4. The first-order valence-corrected chi connectivity index (χ1v) is 25.4. The Kier molecular flexibility index (Phi) is 27.7. The summed E-state index contributed by atoms with van der Waals surface area (Å²) in [6.45, 7) is 3.11. The van der Waals surface area contributed by atoms with E-state index in [1.54, 1.807) is 4.57 Å². The quantitative estimate of drug-likeness (QED) is 0.0326. The summed E-state index contributed by atoms with van der Waals surface area (Å²) in [4.78, 5) is 48.8. The first-order valence-electron chi connectivity index (χ1n) is 23.9. The maximum atomic E-state index is 13.2. The average molecular weight is 882 g/mol. The maximum Gasteiger partial charge on any atom is 0.472 e.